The molecule has 0 aliphatic heterocycles. The molecule has 0 aliphatic carbocycles. The topological polar surface area (TPSA) is 15.3 Å². The number of nitrogens with one attached hydrogen (secondary N) is 1. The molecule has 0 aliphatic rings. The molecule has 3 heteroatoms. The first-order chi connectivity index (χ1) is 9.49. The third kappa shape index (κ3) is 4.78. The average molecular weight is 280 g/mol. The van der Waals surface area contributed by atoms with Crippen molar-refractivity contribution in [1.82, 2.24) is 5.32 Å². The standard InChI is InChI=1S/C17H29FN2/c1-6-15(7-2)20(5)17-9-8-14(10-16(17)18)12-19-11-13(3)4/h8-10,13,15,19H,6-7,11-12H2,1-5H3. The minimum absolute atomic E-state index is 0.122. The van der Waals surface area contributed by atoms with Crippen molar-refractivity contribution < 1.29 is 4.39 Å². The van der Waals surface area contributed by atoms with E-state index in [1.54, 1.807) is 6.07 Å². The van der Waals surface area contributed by atoms with Crippen LogP contribution in [0.5, 0.6) is 0 Å². The van der Waals surface area contributed by atoms with E-state index in [9.17, 15) is 4.39 Å². The Morgan fingerprint density at radius 1 is 1.20 bits per heavy atom. The van der Waals surface area contributed by atoms with Crippen LogP contribution >= 0.6 is 0 Å². The van der Waals surface area contributed by atoms with Gasteiger partial charge in [0.05, 0.1) is 5.69 Å². The summed E-state index contributed by atoms with van der Waals surface area (Å²) in [5.74, 6) is 0.489. The molecule has 2 nitrogen and oxygen atoms in total. The molecular weight excluding hydrogens is 251 g/mol. The highest BCUT2D eigenvalue weighted by atomic mass is 19.1. The first-order valence-corrected chi connectivity index (χ1v) is 7.71. The lowest BCUT2D eigenvalue weighted by Crippen LogP contribution is -2.31. The van der Waals surface area contributed by atoms with Gasteiger partial charge in [-0.2, -0.15) is 0 Å². The molecule has 1 N–H and O–H groups in total. The molecule has 1 aromatic rings. The molecule has 20 heavy (non-hydrogen) atoms. The van der Waals surface area contributed by atoms with Crippen LogP contribution in [0.4, 0.5) is 10.1 Å². The second-order valence-corrected chi connectivity index (χ2v) is 5.89. The number of hydrogen-bond acceptors (Lipinski definition) is 2. The van der Waals surface area contributed by atoms with Crippen LogP contribution < -0.4 is 10.2 Å². The van der Waals surface area contributed by atoms with Crippen molar-refractivity contribution >= 4 is 5.69 Å². The van der Waals surface area contributed by atoms with Gasteiger partial charge in [-0.1, -0.05) is 33.8 Å². The highest BCUT2D eigenvalue weighted by Crippen LogP contribution is 2.23. The Kier molecular flexibility index (Phi) is 7.00. The molecule has 0 radical (unpaired) electrons. The van der Waals surface area contributed by atoms with Crippen molar-refractivity contribution in [3.05, 3.63) is 29.6 Å². The summed E-state index contributed by atoms with van der Waals surface area (Å²) >= 11 is 0. The Hall–Kier alpha value is -1.09. The first-order valence-electron chi connectivity index (χ1n) is 7.71. The molecule has 1 aromatic carbocycles. The Morgan fingerprint density at radius 3 is 2.35 bits per heavy atom. The summed E-state index contributed by atoms with van der Waals surface area (Å²) in [4.78, 5) is 2.06. The normalized spacial score (nSPS) is 11.4. The van der Waals surface area contributed by atoms with E-state index in [0.717, 1.165) is 31.5 Å². The van der Waals surface area contributed by atoms with Gasteiger partial charge in [-0.05, 0) is 43.0 Å². The van der Waals surface area contributed by atoms with E-state index in [1.807, 2.05) is 19.2 Å². The summed E-state index contributed by atoms with van der Waals surface area (Å²) in [6, 6.07) is 5.97. The molecule has 0 amide bonds. The van der Waals surface area contributed by atoms with E-state index >= 15 is 0 Å². The van der Waals surface area contributed by atoms with Gasteiger partial charge in [-0.3, -0.25) is 0 Å². The lowest BCUT2D eigenvalue weighted by Gasteiger charge is -2.29. The smallest absolute Gasteiger partial charge is 0.146 e. The lowest BCUT2D eigenvalue weighted by atomic mass is 10.1. The van der Waals surface area contributed by atoms with Crippen LogP contribution in [-0.4, -0.2) is 19.6 Å². The number of halogens is 1. The monoisotopic (exact) mass is 280 g/mol. The van der Waals surface area contributed by atoms with Gasteiger partial charge in [0.2, 0.25) is 0 Å². The van der Waals surface area contributed by atoms with Crippen molar-refractivity contribution in [3.8, 4) is 0 Å². The molecule has 0 saturated heterocycles. The van der Waals surface area contributed by atoms with Crippen LogP contribution in [0, 0.1) is 11.7 Å². The van der Waals surface area contributed by atoms with E-state index in [1.165, 1.54) is 0 Å². The zero-order chi connectivity index (χ0) is 15.1. The first kappa shape index (κ1) is 17.0. The SMILES string of the molecule is CCC(CC)N(C)c1ccc(CNCC(C)C)cc1F. The fourth-order valence-electron chi connectivity index (χ4n) is 2.48. The van der Waals surface area contributed by atoms with Crippen LogP contribution in [-0.2, 0) is 6.54 Å². The highest BCUT2D eigenvalue weighted by Gasteiger charge is 2.15. The van der Waals surface area contributed by atoms with Crippen LogP contribution in [0.15, 0.2) is 18.2 Å². The van der Waals surface area contributed by atoms with Gasteiger partial charge in [0.15, 0.2) is 0 Å². The zero-order valence-electron chi connectivity index (χ0n) is 13.5. The third-order valence-electron chi connectivity index (χ3n) is 3.76. The van der Waals surface area contributed by atoms with Crippen molar-refractivity contribution in [2.75, 3.05) is 18.5 Å². The molecule has 114 valence electrons. The molecule has 0 bridgehead atoms. The molecule has 1 rings (SSSR count). The molecule has 0 atom stereocenters. The second-order valence-electron chi connectivity index (χ2n) is 5.89. The lowest BCUT2D eigenvalue weighted by molar-refractivity contribution is 0.547. The molecular formula is C17H29FN2. The van der Waals surface area contributed by atoms with Crippen molar-refractivity contribution in [3.63, 3.8) is 0 Å². The van der Waals surface area contributed by atoms with Gasteiger partial charge >= 0.3 is 0 Å². The summed E-state index contributed by atoms with van der Waals surface area (Å²) in [5, 5.41) is 3.34. The fraction of sp³-hybridized carbons (Fsp3) is 0.647. The number of benzene rings is 1. The fourth-order valence-corrected chi connectivity index (χ4v) is 2.48. The van der Waals surface area contributed by atoms with Gasteiger partial charge in [0.1, 0.15) is 5.82 Å². The number of rotatable bonds is 8. The van der Waals surface area contributed by atoms with Gasteiger partial charge in [0.25, 0.3) is 0 Å². The van der Waals surface area contributed by atoms with Crippen molar-refractivity contribution in [2.24, 2.45) is 5.92 Å². The maximum absolute atomic E-state index is 14.2. The van der Waals surface area contributed by atoms with E-state index in [4.69, 9.17) is 0 Å². The van der Waals surface area contributed by atoms with Crippen LogP contribution in [0.25, 0.3) is 0 Å². The summed E-state index contributed by atoms with van der Waals surface area (Å²) in [5.41, 5.74) is 1.70. The Bertz CT molecular complexity index is 400. The minimum Gasteiger partial charge on any atom is -0.369 e. The maximum Gasteiger partial charge on any atom is 0.146 e. The van der Waals surface area contributed by atoms with Crippen LogP contribution in [0.3, 0.4) is 0 Å². The third-order valence-corrected chi connectivity index (χ3v) is 3.76. The van der Waals surface area contributed by atoms with Crippen LogP contribution in [0.2, 0.25) is 0 Å². The second kappa shape index (κ2) is 8.25. The van der Waals surface area contributed by atoms with Gasteiger partial charge < -0.3 is 10.2 Å². The van der Waals surface area contributed by atoms with E-state index < -0.39 is 0 Å². The predicted octanol–water partition coefficient (Wildman–Crippen LogP) is 4.20. The van der Waals surface area contributed by atoms with Gasteiger partial charge in [0, 0.05) is 19.6 Å². The Labute approximate surface area is 123 Å². The summed E-state index contributed by atoms with van der Waals surface area (Å²) in [7, 11) is 1.98. The predicted molar refractivity (Wildman–Crippen MR) is 85.7 cm³/mol. The molecule has 0 fully saturated rings. The number of anilines is 1. The molecule has 0 spiro atoms. The summed E-state index contributed by atoms with van der Waals surface area (Å²) < 4.78 is 14.2. The molecule has 0 unspecified atom stereocenters. The van der Waals surface area contributed by atoms with Crippen LogP contribution in [0.1, 0.15) is 46.1 Å². The van der Waals surface area contributed by atoms with Gasteiger partial charge in [-0.15, -0.1) is 0 Å². The Balaban J connectivity index is 2.72. The highest BCUT2D eigenvalue weighted by molar-refractivity contribution is 5.49. The quantitative estimate of drug-likeness (QED) is 0.768. The zero-order valence-corrected chi connectivity index (χ0v) is 13.5. The average Bonchev–Trinajstić information content (AvgIpc) is 2.39. The Morgan fingerprint density at radius 2 is 1.85 bits per heavy atom. The number of nitrogens with zero attached hydrogens (tertiary/aromatic N) is 1. The summed E-state index contributed by atoms with van der Waals surface area (Å²) in [6.07, 6.45) is 2.06. The minimum atomic E-state index is -0.122. The van der Waals surface area contributed by atoms with E-state index in [2.05, 4.69) is 37.9 Å². The summed E-state index contributed by atoms with van der Waals surface area (Å²) in [6.45, 7) is 10.3. The van der Waals surface area contributed by atoms with Crippen molar-refractivity contribution in [1.29, 1.82) is 0 Å². The molecule has 0 heterocycles. The largest absolute Gasteiger partial charge is 0.369 e. The number of hydrogen-bond donors (Lipinski definition) is 1. The van der Waals surface area contributed by atoms with E-state index in [-0.39, 0.29) is 5.82 Å². The van der Waals surface area contributed by atoms with E-state index in [0.29, 0.717) is 17.6 Å². The van der Waals surface area contributed by atoms with Crippen molar-refractivity contribution in [2.45, 2.75) is 53.1 Å². The van der Waals surface area contributed by atoms with Gasteiger partial charge in [-0.25, -0.2) is 4.39 Å². The molecule has 0 aromatic heterocycles. The maximum atomic E-state index is 14.2. The molecule has 0 saturated carbocycles.